The Bertz CT molecular complexity index is 1020. The molecule has 0 radical (unpaired) electrons. The van der Waals surface area contributed by atoms with Crippen LogP contribution >= 0.6 is 0 Å². The highest BCUT2D eigenvalue weighted by Gasteiger charge is 2.40. The molecule has 2 aromatic heterocycles. The number of halogens is 6. The van der Waals surface area contributed by atoms with Gasteiger partial charge >= 0.3 is 18.4 Å². The summed E-state index contributed by atoms with van der Waals surface area (Å²) in [6.45, 7) is 3.57. The average molecular weight is 489 g/mol. The molecule has 13 heteroatoms. The van der Waals surface area contributed by atoms with Crippen molar-refractivity contribution < 1.29 is 35.9 Å². The first-order valence-corrected chi connectivity index (χ1v) is 10.2. The lowest BCUT2D eigenvalue weighted by molar-refractivity contribution is -0.141. The van der Waals surface area contributed by atoms with Gasteiger partial charge in [-0.2, -0.15) is 26.3 Å². The first-order valence-electron chi connectivity index (χ1n) is 10.2. The van der Waals surface area contributed by atoms with Crippen LogP contribution in [0, 0.1) is 5.92 Å². The summed E-state index contributed by atoms with van der Waals surface area (Å²) in [5, 5.41) is 2.40. The summed E-state index contributed by atoms with van der Waals surface area (Å²) >= 11 is 0. The summed E-state index contributed by atoms with van der Waals surface area (Å²) < 4.78 is 76.3. The van der Waals surface area contributed by atoms with Gasteiger partial charge in [0, 0.05) is 6.54 Å². The Hall–Kier alpha value is -3.38. The van der Waals surface area contributed by atoms with E-state index in [1.54, 1.807) is 0 Å². The van der Waals surface area contributed by atoms with Crippen molar-refractivity contribution in [2.45, 2.75) is 38.7 Å². The minimum atomic E-state index is -4.62. The minimum Gasteiger partial charge on any atom is -0.323 e. The van der Waals surface area contributed by atoms with Crippen molar-refractivity contribution in [2.24, 2.45) is 5.92 Å². The van der Waals surface area contributed by atoms with Crippen molar-refractivity contribution in [1.82, 2.24) is 14.9 Å². The zero-order chi connectivity index (χ0) is 25.3. The molecule has 0 saturated carbocycles. The fourth-order valence-electron chi connectivity index (χ4n) is 3.56. The standard InChI is InChI=1S/C21H21F6N5O2/c1-12(2)7-15-10-31(14-4-6-17(29-9-14)21(25,26)27)19(34)32(15)11-18(33)30-13-3-5-16(28-8-13)20(22,23)24/h3-6,8-9,12,15H,7,10-11H2,1-2H3,(H,30,33)/t15-/m0/s1. The third kappa shape index (κ3) is 5.94. The van der Waals surface area contributed by atoms with Crippen LogP contribution in [-0.4, -0.2) is 45.9 Å². The molecule has 0 spiro atoms. The molecule has 1 aliphatic rings. The maximum Gasteiger partial charge on any atom is 0.433 e. The molecule has 3 amide bonds. The van der Waals surface area contributed by atoms with Gasteiger partial charge in [0.1, 0.15) is 17.9 Å². The van der Waals surface area contributed by atoms with Crippen LogP contribution in [0.1, 0.15) is 31.7 Å². The molecule has 7 nitrogen and oxygen atoms in total. The monoisotopic (exact) mass is 489 g/mol. The second-order valence-corrected chi connectivity index (χ2v) is 8.18. The van der Waals surface area contributed by atoms with Crippen LogP contribution in [0.25, 0.3) is 0 Å². The van der Waals surface area contributed by atoms with Crippen LogP contribution in [0.4, 0.5) is 42.5 Å². The SMILES string of the molecule is CC(C)C[C@H]1CN(c2ccc(C(F)(F)F)nc2)C(=O)N1CC(=O)Nc1ccc(C(F)(F)F)nc1. The number of amides is 3. The van der Waals surface area contributed by atoms with Gasteiger partial charge in [0.25, 0.3) is 0 Å². The molecule has 34 heavy (non-hydrogen) atoms. The van der Waals surface area contributed by atoms with Crippen molar-refractivity contribution >= 4 is 23.3 Å². The van der Waals surface area contributed by atoms with E-state index in [1.807, 2.05) is 13.8 Å². The topological polar surface area (TPSA) is 78.4 Å². The van der Waals surface area contributed by atoms with Gasteiger partial charge in [-0.3, -0.25) is 9.69 Å². The van der Waals surface area contributed by atoms with Gasteiger partial charge in [0.15, 0.2) is 0 Å². The largest absolute Gasteiger partial charge is 0.433 e. The maximum absolute atomic E-state index is 13.0. The maximum atomic E-state index is 13.0. The number of hydrogen-bond acceptors (Lipinski definition) is 4. The van der Waals surface area contributed by atoms with E-state index in [2.05, 4.69) is 15.3 Å². The molecule has 3 heterocycles. The fourth-order valence-corrected chi connectivity index (χ4v) is 3.56. The van der Waals surface area contributed by atoms with Gasteiger partial charge in [-0.1, -0.05) is 13.8 Å². The van der Waals surface area contributed by atoms with Crippen LogP contribution in [0.15, 0.2) is 36.7 Å². The molecule has 1 fully saturated rings. The number of nitrogens with zero attached hydrogens (tertiary/aromatic N) is 4. The number of aromatic nitrogens is 2. The molecule has 3 rings (SSSR count). The molecule has 1 aliphatic heterocycles. The van der Waals surface area contributed by atoms with Crippen LogP contribution < -0.4 is 10.2 Å². The Morgan fingerprint density at radius 1 is 1.03 bits per heavy atom. The van der Waals surface area contributed by atoms with E-state index in [4.69, 9.17) is 0 Å². The zero-order valence-electron chi connectivity index (χ0n) is 18.1. The van der Waals surface area contributed by atoms with Gasteiger partial charge in [0.2, 0.25) is 5.91 Å². The molecule has 0 bridgehead atoms. The van der Waals surface area contributed by atoms with Gasteiger partial charge in [-0.05, 0) is 36.6 Å². The smallest absolute Gasteiger partial charge is 0.323 e. The van der Waals surface area contributed by atoms with E-state index >= 15 is 0 Å². The number of nitrogens with one attached hydrogen (secondary N) is 1. The van der Waals surface area contributed by atoms with Crippen LogP contribution in [0.5, 0.6) is 0 Å². The number of carbonyl (C=O) groups excluding carboxylic acids is 2. The fraction of sp³-hybridized carbons (Fsp3) is 0.429. The van der Waals surface area contributed by atoms with Crippen molar-refractivity contribution in [3.8, 4) is 0 Å². The molecule has 1 N–H and O–H groups in total. The molecule has 0 aromatic carbocycles. The summed E-state index contributed by atoms with van der Waals surface area (Å²) in [4.78, 5) is 34.7. The highest BCUT2D eigenvalue weighted by atomic mass is 19.4. The Kier molecular flexibility index (Phi) is 7.03. The number of pyridine rings is 2. The second-order valence-electron chi connectivity index (χ2n) is 8.18. The summed E-state index contributed by atoms with van der Waals surface area (Å²) in [6.07, 6.45) is -6.91. The predicted molar refractivity (Wildman–Crippen MR) is 110 cm³/mol. The van der Waals surface area contributed by atoms with Gasteiger partial charge < -0.3 is 10.2 Å². The van der Waals surface area contributed by atoms with Crippen molar-refractivity contribution in [3.05, 3.63) is 48.0 Å². The van der Waals surface area contributed by atoms with Crippen molar-refractivity contribution in [3.63, 3.8) is 0 Å². The third-order valence-corrected chi connectivity index (χ3v) is 5.06. The van der Waals surface area contributed by atoms with E-state index in [-0.39, 0.29) is 23.8 Å². The Balaban J connectivity index is 1.73. The lowest BCUT2D eigenvalue weighted by Crippen LogP contribution is -2.41. The molecular weight excluding hydrogens is 468 g/mol. The Morgan fingerprint density at radius 3 is 2.09 bits per heavy atom. The zero-order valence-corrected chi connectivity index (χ0v) is 18.1. The number of alkyl halides is 6. The number of carbonyl (C=O) groups is 2. The number of hydrogen-bond donors (Lipinski definition) is 1. The molecule has 0 aliphatic carbocycles. The summed E-state index contributed by atoms with van der Waals surface area (Å²) in [7, 11) is 0. The average Bonchev–Trinajstić information content (AvgIpc) is 3.02. The molecule has 184 valence electrons. The molecule has 1 atom stereocenters. The number of anilines is 2. The third-order valence-electron chi connectivity index (χ3n) is 5.06. The normalized spacial score (nSPS) is 17.0. The van der Waals surface area contributed by atoms with Crippen molar-refractivity contribution in [1.29, 1.82) is 0 Å². The van der Waals surface area contributed by atoms with E-state index in [0.717, 1.165) is 36.7 Å². The van der Waals surface area contributed by atoms with E-state index in [0.29, 0.717) is 6.42 Å². The minimum absolute atomic E-state index is 0.0221. The molecule has 2 aromatic rings. The van der Waals surface area contributed by atoms with Gasteiger partial charge in [-0.25, -0.2) is 14.8 Å². The first-order chi connectivity index (χ1) is 15.8. The molecule has 0 unspecified atom stereocenters. The predicted octanol–water partition coefficient (Wildman–Crippen LogP) is 4.81. The van der Waals surface area contributed by atoms with Crippen LogP contribution in [-0.2, 0) is 17.1 Å². The first kappa shape index (κ1) is 25.2. The molecule has 1 saturated heterocycles. The molecular formula is C21H21F6N5O2. The Labute approximate surface area is 190 Å². The summed E-state index contributed by atoms with van der Waals surface area (Å²) in [5.41, 5.74) is -2.03. The lowest BCUT2D eigenvalue weighted by Gasteiger charge is -2.24. The quantitative estimate of drug-likeness (QED) is 0.591. The second kappa shape index (κ2) is 9.47. The van der Waals surface area contributed by atoms with E-state index < -0.39 is 48.3 Å². The lowest BCUT2D eigenvalue weighted by atomic mass is 10.0. The van der Waals surface area contributed by atoms with Crippen LogP contribution in [0.3, 0.4) is 0 Å². The van der Waals surface area contributed by atoms with E-state index in [9.17, 15) is 35.9 Å². The summed E-state index contributed by atoms with van der Waals surface area (Å²) in [6, 6.07) is 2.67. The van der Waals surface area contributed by atoms with Gasteiger partial charge in [-0.15, -0.1) is 0 Å². The van der Waals surface area contributed by atoms with Gasteiger partial charge in [0.05, 0.1) is 29.8 Å². The van der Waals surface area contributed by atoms with E-state index in [1.165, 1.54) is 9.80 Å². The highest BCUT2D eigenvalue weighted by molar-refractivity contribution is 5.99. The summed E-state index contributed by atoms with van der Waals surface area (Å²) in [5.74, 6) is -0.510. The number of rotatable bonds is 6. The number of urea groups is 1. The Morgan fingerprint density at radius 2 is 1.62 bits per heavy atom. The van der Waals surface area contributed by atoms with Crippen LogP contribution in [0.2, 0.25) is 0 Å². The van der Waals surface area contributed by atoms with Crippen molar-refractivity contribution in [2.75, 3.05) is 23.3 Å². The highest BCUT2D eigenvalue weighted by Crippen LogP contribution is 2.31.